The third-order valence-corrected chi connectivity index (χ3v) is 3.73. The van der Waals surface area contributed by atoms with E-state index in [1.807, 2.05) is 20.8 Å². The van der Waals surface area contributed by atoms with Crippen LogP contribution in [-0.2, 0) is 10.3 Å². The molecule has 2 rings (SSSR count). The van der Waals surface area contributed by atoms with Crippen molar-refractivity contribution in [1.29, 1.82) is 0 Å². The van der Waals surface area contributed by atoms with E-state index >= 15 is 0 Å². The molecule has 0 unspecified atom stereocenters. The minimum atomic E-state index is -0.909. The van der Waals surface area contributed by atoms with Crippen molar-refractivity contribution >= 4 is 17.5 Å². The number of carbonyl (C=O) groups excluding carboxylic acids is 2. The van der Waals surface area contributed by atoms with Crippen LogP contribution < -0.4 is 11.1 Å². The van der Waals surface area contributed by atoms with Gasteiger partial charge in [0.1, 0.15) is 5.54 Å². The average molecular weight is 293 g/mol. The van der Waals surface area contributed by atoms with Crippen LogP contribution in [0.3, 0.4) is 0 Å². The molecule has 1 aliphatic rings. The molecule has 7 heteroatoms. The fourth-order valence-electron chi connectivity index (χ4n) is 2.28. The Balaban J connectivity index is 2.36. The number of anilines is 1. The van der Waals surface area contributed by atoms with Crippen LogP contribution in [0.25, 0.3) is 0 Å². The smallest absolute Gasteiger partial charge is 0.277 e. The van der Waals surface area contributed by atoms with Gasteiger partial charge in [0.05, 0.1) is 11.2 Å². The molecule has 2 heterocycles. The van der Waals surface area contributed by atoms with Crippen molar-refractivity contribution in [3.63, 3.8) is 0 Å². The van der Waals surface area contributed by atoms with Gasteiger partial charge in [-0.2, -0.15) is 5.10 Å². The summed E-state index contributed by atoms with van der Waals surface area (Å²) in [6.45, 7) is 10.3. The van der Waals surface area contributed by atoms with Gasteiger partial charge in [-0.3, -0.25) is 14.3 Å². The van der Waals surface area contributed by atoms with E-state index in [1.54, 1.807) is 24.7 Å². The molecule has 21 heavy (non-hydrogen) atoms. The number of hydrogen-bond acceptors (Lipinski definition) is 4. The van der Waals surface area contributed by atoms with Gasteiger partial charge >= 0.3 is 0 Å². The summed E-state index contributed by atoms with van der Waals surface area (Å²) in [5.41, 5.74) is 5.30. The van der Waals surface area contributed by atoms with E-state index in [0.717, 1.165) is 0 Å². The first kappa shape index (κ1) is 15.3. The highest BCUT2D eigenvalue weighted by Crippen LogP contribution is 2.24. The molecule has 0 aliphatic carbocycles. The molecular weight excluding hydrogens is 270 g/mol. The van der Waals surface area contributed by atoms with Gasteiger partial charge in [-0.1, -0.05) is 0 Å². The van der Waals surface area contributed by atoms with E-state index in [1.165, 1.54) is 4.90 Å². The third kappa shape index (κ3) is 2.59. The SMILES string of the molecule is CC1(C)C(=O)NCCN1C(=O)c1nn(C(C)(C)C)cc1N. The average Bonchev–Trinajstić information content (AvgIpc) is 2.74. The predicted octanol–water partition coefficient (Wildman–Crippen LogP) is 0.571. The summed E-state index contributed by atoms with van der Waals surface area (Å²) < 4.78 is 1.67. The van der Waals surface area contributed by atoms with Gasteiger partial charge in [0.2, 0.25) is 5.91 Å². The van der Waals surface area contributed by atoms with E-state index in [2.05, 4.69) is 10.4 Å². The van der Waals surface area contributed by atoms with E-state index in [0.29, 0.717) is 18.8 Å². The van der Waals surface area contributed by atoms with Crippen molar-refractivity contribution in [2.75, 3.05) is 18.8 Å². The van der Waals surface area contributed by atoms with Crippen molar-refractivity contribution in [3.8, 4) is 0 Å². The Hall–Kier alpha value is -2.05. The number of aromatic nitrogens is 2. The molecule has 1 fully saturated rings. The molecule has 0 saturated carbocycles. The lowest BCUT2D eigenvalue weighted by molar-refractivity contribution is -0.133. The lowest BCUT2D eigenvalue weighted by Gasteiger charge is -2.40. The predicted molar refractivity (Wildman–Crippen MR) is 79.8 cm³/mol. The molecule has 1 aromatic heterocycles. The first-order chi connectivity index (χ1) is 9.55. The minimum Gasteiger partial charge on any atom is -0.396 e. The zero-order valence-corrected chi connectivity index (χ0v) is 13.2. The lowest BCUT2D eigenvalue weighted by Crippen LogP contribution is -2.63. The highest BCUT2D eigenvalue weighted by molar-refractivity contribution is 6.01. The quantitative estimate of drug-likeness (QED) is 0.791. The number of amides is 2. The molecular formula is C14H23N5O2. The summed E-state index contributed by atoms with van der Waals surface area (Å²) in [5, 5.41) is 7.08. The number of carbonyl (C=O) groups is 2. The second-order valence-electron chi connectivity index (χ2n) is 6.82. The van der Waals surface area contributed by atoms with Crippen LogP contribution in [-0.4, -0.2) is 45.1 Å². The second-order valence-corrected chi connectivity index (χ2v) is 6.82. The van der Waals surface area contributed by atoms with Crippen LogP contribution in [0.4, 0.5) is 5.69 Å². The molecule has 7 nitrogen and oxygen atoms in total. The monoisotopic (exact) mass is 293 g/mol. The summed E-state index contributed by atoms with van der Waals surface area (Å²) in [7, 11) is 0. The lowest BCUT2D eigenvalue weighted by atomic mass is 9.98. The fraction of sp³-hybridized carbons (Fsp3) is 0.643. The Morgan fingerprint density at radius 1 is 1.43 bits per heavy atom. The number of nitrogens with one attached hydrogen (secondary N) is 1. The Bertz CT molecular complexity index is 583. The zero-order valence-electron chi connectivity index (χ0n) is 13.2. The van der Waals surface area contributed by atoms with Crippen LogP contribution >= 0.6 is 0 Å². The molecule has 0 radical (unpaired) electrons. The maximum Gasteiger partial charge on any atom is 0.277 e. The normalized spacial score (nSPS) is 18.5. The van der Waals surface area contributed by atoms with Crippen molar-refractivity contribution in [2.24, 2.45) is 0 Å². The van der Waals surface area contributed by atoms with Crippen molar-refractivity contribution in [2.45, 2.75) is 45.7 Å². The summed E-state index contributed by atoms with van der Waals surface area (Å²) in [4.78, 5) is 26.2. The highest BCUT2D eigenvalue weighted by Gasteiger charge is 2.42. The van der Waals surface area contributed by atoms with Crippen LogP contribution in [0.2, 0.25) is 0 Å². The molecule has 1 aromatic rings. The van der Waals surface area contributed by atoms with Gasteiger partial charge in [0, 0.05) is 19.3 Å². The van der Waals surface area contributed by atoms with E-state index in [4.69, 9.17) is 5.73 Å². The maximum absolute atomic E-state index is 12.7. The van der Waals surface area contributed by atoms with Gasteiger partial charge < -0.3 is 16.0 Å². The minimum absolute atomic E-state index is 0.170. The third-order valence-electron chi connectivity index (χ3n) is 3.73. The standard InChI is InChI=1S/C14H23N5O2/c1-13(2,3)19-8-9(15)10(17-19)11(20)18-7-6-16-12(21)14(18,4)5/h8H,6-7,15H2,1-5H3,(H,16,21). The number of nitrogens with zero attached hydrogens (tertiary/aromatic N) is 3. The summed E-state index contributed by atoms with van der Waals surface area (Å²) in [6.07, 6.45) is 1.66. The molecule has 0 bridgehead atoms. The van der Waals surface area contributed by atoms with Crippen molar-refractivity contribution in [1.82, 2.24) is 20.0 Å². The number of piperazine rings is 1. The molecule has 3 N–H and O–H groups in total. The summed E-state index contributed by atoms with van der Waals surface area (Å²) >= 11 is 0. The maximum atomic E-state index is 12.7. The van der Waals surface area contributed by atoms with Crippen LogP contribution in [0.15, 0.2) is 6.20 Å². The van der Waals surface area contributed by atoms with Crippen LogP contribution in [0.1, 0.15) is 45.1 Å². The number of rotatable bonds is 1. The molecule has 1 aliphatic heterocycles. The topological polar surface area (TPSA) is 93.2 Å². The van der Waals surface area contributed by atoms with Gasteiger partial charge in [-0.15, -0.1) is 0 Å². The summed E-state index contributed by atoms with van der Waals surface area (Å²) in [5.74, 6) is -0.480. The number of hydrogen-bond donors (Lipinski definition) is 2. The highest BCUT2D eigenvalue weighted by atomic mass is 16.2. The second kappa shape index (κ2) is 4.75. The molecule has 0 aromatic carbocycles. The van der Waals surface area contributed by atoms with Gasteiger partial charge in [-0.05, 0) is 34.6 Å². The zero-order chi connectivity index (χ0) is 16.0. The van der Waals surface area contributed by atoms with Gasteiger partial charge in [-0.25, -0.2) is 0 Å². The fourth-order valence-corrected chi connectivity index (χ4v) is 2.28. The Morgan fingerprint density at radius 2 is 2.05 bits per heavy atom. The Labute approximate surface area is 124 Å². The van der Waals surface area contributed by atoms with Gasteiger partial charge in [0.15, 0.2) is 5.69 Å². The summed E-state index contributed by atoms with van der Waals surface area (Å²) in [6, 6.07) is 0. The molecule has 1 saturated heterocycles. The molecule has 0 spiro atoms. The number of nitrogens with two attached hydrogens (primary N) is 1. The van der Waals surface area contributed by atoms with Crippen LogP contribution in [0.5, 0.6) is 0 Å². The van der Waals surface area contributed by atoms with Crippen LogP contribution in [0, 0.1) is 0 Å². The first-order valence-corrected chi connectivity index (χ1v) is 7.01. The van der Waals surface area contributed by atoms with E-state index in [9.17, 15) is 9.59 Å². The molecule has 2 amide bonds. The van der Waals surface area contributed by atoms with E-state index in [-0.39, 0.29) is 23.0 Å². The van der Waals surface area contributed by atoms with E-state index < -0.39 is 5.54 Å². The van der Waals surface area contributed by atoms with Crippen molar-refractivity contribution in [3.05, 3.63) is 11.9 Å². The first-order valence-electron chi connectivity index (χ1n) is 7.01. The molecule has 116 valence electrons. The number of nitrogen functional groups attached to an aromatic ring is 1. The Morgan fingerprint density at radius 3 is 2.57 bits per heavy atom. The Kier molecular flexibility index (Phi) is 3.47. The van der Waals surface area contributed by atoms with Crippen molar-refractivity contribution < 1.29 is 9.59 Å². The van der Waals surface area contributed by atoms with Gasteiger partial charge in [0.25, 0.3) is 5.91 Å². The molecule has 0 atom stereocenters. The largest absolute Gasteiger partial charge is 0.396 e.